The van der Waals surface area contributed by atoms with Crippen LogP contribution in [0.25, 0.3) is 0 Å². The molecule has 0 unspecified atom stereocenters. The van der Waals surface area contributed by atoms with Gasteiger partial charge >= 0.3 is 6.18 Å². The highest BCUT2D eigenvalue weighted by molar-refractivity contribution is 6.33. The van der Waals surface area contributed by atoms with Crippen molar-refractivity contribution < 1.29 is 18.0 Å². The highest BCUT2D eigenvalue weighted by atomic mass is 35.5. The zero-order valence-electron chi connectivity index (χ0n) is 8.51. The Morgan fingerprint density at radius 3 is 2.69 bits per heavy atom. The lowest BCUT2D eigenvalue weighted by atomic mass is 10.1. The normalized spacial score (nSPS) is 11.8. The van der Waals surface area contributed by atoms with E-state index in [1.807, 2.05) is 0 Å². The number of halogens is 4. The molecule has 1 aromatic rings. The van der Waals surface area contributed by atoms with Crippen LogP contribution in [0.5, 0.6) is 0 Å². The third kappa shape index (κ3) is 3.23. The molecular weight excluding hydrogens is 245 g/mol. The second-order valence-electron chi connectivity index (χ2n) is 3.20. The lowest BCUT2D eigenvalue weighted by Crippen LogP contribution is -2.14. The van der Waals surface area contributed by atoms with Crippen LogP contribution in [0, 0.1) is 0 Å². The predicted molar refractivity (Wildman–Crippen MR) is 52.5 cm³/mol. The van der Waals surface area contributed by atoms with Crippen LogP contribution < -0.4 is 0 Å². The van der Waals surface area contributed by atoms with Gasteiger partial charge in [0, 0.05) is 13.0 Å². The van der Waals surface area contributed by atoms with E-state index < -0.39 is 24.8 Å². The van der Waals surface area contributed by atoms with Crippen LogP contribution in [0.15, 0.2) is 6.20 Å². The minimum Gasteiger partial charge on any atom is -0.292 e. The number of aryl methyl sites for hydroxylation is 1. The molecule has 0 radical (unpaired) electrons. The van der Waals surface area contributed by atoms with Crippen LogP contribution in [0.3, 0.4) is 0 Å². The maximum absolute atomic E-state index is 11.9. The van der Waals surface area contributed by atoms with Crippen LogP contribution in [-0.4, -0.2) is 21.7 Å². The number of aromatic nitrogens is 2. The molecule has 0 aliphatic carbocycles. The maximum Gasteiger partial charge on any atom is 0.389 e. The number of carbonyl (C=O) groups is 1. The molecule has 0 aromatic carbocycles. The van der Waals surface area contributed by atoms with Gasteiger partial charge in [0.15, 0.2) is 5.78 Å². The van der Waals surface area contributed by atoms with Crippen molar-refractivity contribution in [1.29, 1.82) is 0 Å². The first-order chi connectivity index (χ1) is 7.35. The summed E-state index contributed by atoms with van der Waals surface area (Å²) < 4.78 is 37.1. The molecule has 7 heteroatoms. The van der Waals surface area contributed by atoms with Crippen molar-refractivity contribution >= 4 is 17.4 Å². The van der Waals surface area contributed by atoms with Gasteiger partial charge in [0.25, 0.3) is 0 Å². The smallest absolute Gasteiger partial charge is 0.292 e. The van der Waals surface area contributed by atoms with Crippen LogP contribution in [0.1, 0.15) is 30.3 Å². The minimum absolute atomic E-state index is 0.0495. The standard InChI is InChI=1S/C9H10ClF3N2O/c1-2-15-8(6(10)5-14-15)7(16)3-4-9(11,12)13/h5H,2-4H2,1H3. The fourth-order valence-electron chi connectivity index (χ4n) is 1.25. The molecule has 0 saturated carbocycles. The summed E-state index contributed by atoms with van der Waals surface area (Å²) in [6.45, 7) is 2.11. The van der Waals surface area contributed by atoms with E-state index in [2.05, 4.69) is 5.10 Å². The Bertz CT molecular complexity index is 387. The fourth-order valence-corrected chi connectivity index (χ4v) is 1.50. The van der Waals surface area contributed by atoms with Gasteiger partial charge in [-0.05, 0) is 6.92 Å². The summed E-state index contributed by atoms with van der Waals surface area (Å²) in [5.74, 6) is -0.637. The van der Waals surface area contributed by atoms with E-state index in [4.69, 9.17) is 11.6 Å². The number of hydrogen-bond acceptors (Lipinski definition) is 2. The summed E-state index contributed by atoms with van der Waals surface area (Å²) in [7, 11) is 0. The number of rotatable bonds is 4. The Labute approximate surface area is 95.2 Å². The molecule has 0 fully saturated rings. The average Bonchev–Trinajstić information content (AvgIpc) is 2.55. The molecule has 0 aliphatic rings. The highest BCUT2D eigenvalue weighted by Gasteiger charge is 2.29. The third-order valence-electron chi connectivity index (χ3n) is 1.99. The molecule has 0 saturated heterocycles. The first-order valence-corrected chi connectivity index (χ1v) is 5.04. The van der Waals surface area contributed by atoms with Gasteiger partial charge in [-0.25, -0.2) is 0 Å². The molecule has 90 valence electrons. The second kappa shape index (κ2) is 4.86. The van der Waals surface area contributed by atoms with Crippen molar-refractivity contribution in [3.8, 4) is 0 Å². The Hall–Kier alpha value is -1.04. The fraction of sp³-hybridized carbons (Fsp3) is 0.556. The zero-order valence-corrected chi connectivity index (χ0v) is 9.27. The van der Waals surface area contributed by atoms with Crippen molar-refractivity contribution in [1.82, 2.24) is 9.78 Å². The van der Waals surface area contributed by atoms with Gasteiger partial charge in [0.1, 0.15) is 5.69 Å². The molecule has 1 rings (SSSR count). The number of Topliss-reactive ketones (excluding diaryl/α,β-unsaturated/α-hetero) is 1. The summed E-state index contributed by atoms with van der Waals surface area (Å²) in [5.41, 5.74) is 0.0495. The Morgan fingerprint density at radius 2 is 2.19 bits per heavy atom. The minimum atomic E-state index is -4.33. The topological polar surface area (TPSA) is 34.9 Å². The van der Waals surface area contributed by atoms with Gasteiger partial charge in [0.2, 0.25) is 0 Å². The van der Waals surface area contributed by atoms with Gasteiger partial charge in [-0.3, -0.25) is 9.48 Å². The third-order valence-corrected chi connectivity index (χ3v) is 2.27. The van der Waals surface area contributed by atoms with Gasteiger partial charge in [-0.1, -0.05) is 11.6 Å². The van der Waals surface area contributed by atoms with Crippen LogP contribution >= 0.6 is 11.6 Å². The number of ketones is 1. The Kier molecular flexibility index (Phi) is 3.96. The quantitative estimate of drug-likeness (QED) is 0.774. The van der Waals surface area contributed by atoms with E-state index in [-0.39, 0.29) is 10.7 Å². The van der Waals surface area contributed by atoms with Crippen molar-refractivity contribution in [2.75, 3.05) is 0 Å². The van der Waals surface area contributed by atoms with Gasteiger partial charge < -0.3 is 0 Å². The largest absolute Gasteiger partial charge is 0.389 e. The van der Waals surface area contributed by atoms with E-state index in [0.717, 1.165) is 0 Å². The first-order valence-electron chi connectivity index (χ1n) is 4.66. The van der Waals surface area contributed by atoms with Crippen molar-refractivity contribution in [3.63, 3.8) is 0 Å². The summed E-state index contributed by atoms with van der Waals surface area (Å²) in [4.78, 5) is 11.5. The SMILES string of the molecule is CCn1ncc(Cl)c1C(=O)CCC(F)(F)F. The van der Waals surface area contributed by atoms with E-state index in [1.54, 1.807) is 6.92 Å². The molecule has 16 heavy (non-hydrogen) atoms. The molecule has 1 heterocycles. The van der Waals surface area contributed by atoms with Crippen molar-refractivity contribution in [3.05, 3.63) is 16.9 Å². The van der Waals surface area contributed by atoms with E-state index in [9.17, 15) is 18.0 Å². The van der Waals surface area contributed by atoms with Crippen LogP contribution in [-0.2, 0) is 6.54 Å². The number of carbonyl (C=O) groups excluding carboxylic acids is 1. The number of hydrogen-bond donors (Lipinski definition) is 0. The summed E-state index contributed by atoms with van der Waals surface area (Å²) in [5, 5.41) is 3.87. The lowest BCUT2D eigenvalue weighted by molar-refractivity contribution is -0.133. The van der Waals surface area contributed by atoms with Gasteiger partial charge in [-0.15, -0.1) is 0 Å². The molecule has 0 bridgehead atoms. The van der Waals surface area contributed by atoms with Gasteiger partial charge in [0.05, 0.1) is 17.6 Å². The maximum atomic E-state index is 11.9. The molecular formula is C9H10ClF3N2O. The van der Waals surface area contributed by atoms with Crippen molar-refractivity contribution in [2.45, 2.75) is 32.5 Å². The van der Waals surface area contributed by atoms with Crippen LogP contribution in [0.2, 0.25) is 5.02 Å². The number of alkyl halides is 3. The Balaban J connectivity index is 2.76. The predicted octanol–water partition coefficient (Wildman–Crippen LogP) is 3.08. The summed E-state index contributed by atoms with van der Waals surface area (Å²) in [6, 6.07) is 0. The van der Waals surface area contributed by atoms with Crippen molar-refractivity contribution in [2.24, 2.45) is 0 Å². The average molecular weight is 255 g/mol. The summed E-state index contributed by atoms with van der Waals surface area (Å²) in [6.07, 6.45) is -4.82. The monoisotopic (exact) mass is 254 g/mol. The zero-order chi connectivity index (χ0) is 12.3. The van der Waals surface area contributed by atoms with Crippen LogP contribution in [0.4, 0.5) is 13.2 Å². The molecule has 0 N–H and O–H groups in total. The lowest BCUT2D eigenvalue weighted by Gasteiger charge is -2.06. The molecule has 0 amide bonds. The molecule has 3 nitrogen and oxygen atoms in total. The molecule has 0 spiro atoms. The molecule has 0 atom stereocenters. The Morgan fingerprint density at radius 1 is 1.56 bits per heavy atom. The molecule has 1 aromatic heterocycles. The molecule has 0 aliphatic heterocycles. The summed E-state index contributed by atoms with van der Waals surface area (Å²) >= 11 is 5.68. The second-order valence-corrected chi connectivity index (χ2v) is 3.60. The first kappa shape index (κ1) is 13.0. The van der Waals surface area contributed by atoms with E-state index >= 15 is 0 Å². The highest BCUT2D eigenvalue weighted by Crippen LogP contribution is 2.24. The van der Waals surface area contributed by atoms with E-state index in [0.29, 0.717) is 6.54 Å². The van der Waals surface area contributed by atoms with E-state index in [1.165, 1.54) is 10.9 Å². The number of nitrogens with zero attached hydrogens (tertiary/aromatic N) is 2. The van der Waals surface area contributed by atoms with Gasteiger partial charge in [-0.2, -0.15) is 18.3 Å².